The van der Waals surface area contributed by atoms with Crippen molar-refractivity contribution in [1.82, 2.24) is 14.4 Å². The van der Waals surface area contributed by atoms with Gasteiger partial charge in [-0.2, -0.15) is 0 Å². The number of benzene rings is 3. The zero-order valence-corrected chi connectivity index (χ0v) is 17.5. The summed E-state index contributed by atoms with van der Waals surface area (Å²) in [5.41, 5.74) is 4.78. The third kappa shape index (κ3) is 3.64. The molecule has 0 unspecified atom stereocenters. The van der Waals surface area contributed by atoms with Crippen LogP contribution in [0.2, 0.25) is 0 Å². The van der Waals surface area contributed by atoms with Gasteiger partial charge in [-0.25, -0.2) is 9.97 Å². The Balaban J connectivity index is 1.45. The van der Waals surface area contributed by atoms with Crippen molar-refractivity contribution in [1.29, 1.82) is 0 Å². The lowest BCUT2D eigenvalue weighted by molar-refractivity contribution is -0.113. The summed E-state index contributed by atoms with van der Waals surface area (Å²) in [5.74, 6) is 0.0435. The summed E-state index contributed by atoms with van der Waals surface area (Å²) in [5, 5.41) is 4.55. The lowest BCUT2D eigenvalue weighted by Gasteiger charge is -2.09. The minimum Gasteiger partial charge on any atom is -0.325 e. The van der Waals surface area contributed by atoms with E-state index < -0.39 is 0 Å². The summed E-state index contributed by atoms with van der Waals surface area (Å²) in [7, 11) is 0. The standard InChI is InChI=1S/C24H18N4O2S/c1-15(29)16-10-12-17(13-11-16)25-22(30)14-31-24-27-19-7-3-2-6-18(19)23-26-20-8-4-5-9-21(20)28(23)24/h2-13H,14H2,1H3,(H,25,30). The molecule has 7 heteroatoms. The quantitative estimate of drug-likeness (QED) is 0.244. The Bertz CT molecular complexity index is 1460. The molecule has 0 bridgehead atoms. The first-order valence-electron chi connectivity index (χ1n) is 9.80. The summed E-state index contributed by atoms with van der Waals surface area (Å²) < 4.78 is 2.01. The third-order valence-electron chi connectivity index (χ3n) is 5.02. The highest BCUT2D eigenvalue weighted by Gasteiger charge is 2.15. The van der Waals surface area contributed by atoms with Crippen LogP contribution in [0.15, 0.2) is 78.0 Å². The van der Waals surface area contributed by atoms with Gasteiger partial charge in [0.15, 0.2) is 10.9 Å². The normalized spacial score (nSPS) is 11.3. The number of nitrogens with one attached hydrogen (secondary N) is 1. The molecule has 0 aliphatic carbocycles. The van der Waals surface area contributed by atoms with E-state index in [1.165, 1.54) is 18.7 Å². The number of anilines is 1. The molecule has 1 N–H and O–H groups in total. The van der Waals surface area contributed by atoms with Gasteiger partial charge in [0, 0.05) is 16.6 Å². The molecule has 2 aromatic heterocycles. The van der Waals surface area contributed by atoms with Crippen LogP contribution in [0.5, 0.6) is 0 Å². The first-order chi connectivity index (χ1) is 15.1. The molecule has 0 saturated heterocycles. The Hall–Kier alpha value is -3.71. The second-order valence-electron chi connectivity index (χ2n) is 7.14. The van der Waals surface area contributed by atoms with Crippen molar-refractivity contribution in [2.45, 2.75) is 12.1 Å². The van der Waals surface area contributed by atoms with E-state index in [4.69, 9.17) is 9.97 Å². The maximum absolute atomic E-state index is 12.6. The maximum Gasteiger partial charge on any atom is 0.234 e. The lowest BCUT2D eigenvalue weighted by atomic mass is 10.1. The van der Waals surface area contributed by atoms with Gasteiger partial charge in [-0.05, 0) is 55.5 Å². The molecule has 1 amide bonds. The van der Waals surface area contributed by atoms with Crippen molar-refractivity contribution in [2.75, 3.05) is 11.1 Å². The third-order valence-corrected chi connectivity index (χ3v) is 5.96. The number of Topliss-reactive ketones (excluding diaryl/α,β-unsaturated/α-hetero) is 1. The number of hydrogen-bond acceptors (Lipinski definition) is 5. The highest BCUT2D eigenvalue weighted by atomic mass is 32.2. The van der Waals surface area contributed by atoms with E-state index in [-0.39, 0.29) is 17.4 Å². The number of rotatable bonds is 5. The average molecular weight is 427 g/mol. The van der Waals surface area contributed by atoms with Crippen molar-refractivity contribution in [3.8, 4) is 0 Å². The fraction of sp³-hybridized carbons (Fsp3) is 0.0833. The van der Waals surface area contributed by atoms with E-state index in [9.17, 15) is 9.59 Å². The van der Waals surface area contributed by atoms with E-state index >= 15 is 0 Å². The molecule has 0 spiro atoms. The molecule has 31 heavy (non-hydrogen) atoms. The van der Waals surface area contributed by atoms with E-state index in [1.54, 1.807) is 24.3 Å². The van der Waals surface area contributed by atoms with E-state index in [2.05, 4.69) is 5.32 Å². The first-order valence-corrected chi connectivity index (χ1v) is 10.8. The largest absolute Gasteiger partial charge is 0.325 e. The van der Waals surface area contributed by atoms with Crippen LogP contribution in [0.1, 0.15) is 17.3 Å². The van der Waals surface area contributed by atoms with Crippen molar-refractivity contribution >= 4 is 56.7 Å². The minimum atomic E-state index is -0.145. The SMILES string of the molecule is CC(=O)c1ccc(NC(=O)CSc2nc3ccccc3c3nc4ccccc4n23)cc1. The zero-order valence-electron chi connectivity index (χ0n) is 16.7. The molecule has 0 fully saturated rings. The summed E-state index contributed by atoms with van der Waals surface area (Å²) in [6, 6.07) is 22.7. The van der Waals surface area contributed by atoms with Crippen molar-refractivity contribution in [3.05, 3.63) is 78.4 Å². The van der Waals surface area contributed by atoms with Crippen molar-refractivity contribution in [3.63, 3.8) is 0 Å². The molecule has 6 nitrogen and oxygen atoms in total. The average Bonchev–Trinajstić information content (AvgIpc) is 3.18. The number of carbonyl (C=O) groups is 2. The van der Waals surface area contributed by atoms with Crippen molar-refractivity contribution in [2.24, 2.45) is 0 Å². The van der Waals surface area contributed by atoms with Crippen LogP contribution in [-0.4, -0.2) is 31.8 Å². The zero-order chi connectivity index (χ0) is 21.4. The van der Waals surface area contributed by atoms with Crippen LogP contribution in [0.4, 0.5) is 5.69 Å². The summed E-state index contributed by atoms with van der Waals surface area (Å²) in [6.07, 6.45) is 0. The highest BCUT2D eigenvalue weighted by molar-refractivity contribution is 7.99. The molecular weight excluding hydrogens is 408 g/mol. The summed E-state index contributed by atoms with van der Waals surface area (Å²) in [6.45, 7) is 1.52. The summed E-state index contributed by atoms with van der Waals surface area (Å²) in [4.78, 5) is 33.6. The smallest absolute Gasteiger partial charge is 0.234 e. The highest BCUT2D eigenvalue weighted by Crippen LogP contribution is 2.29. The fourth-order valence-electron chi connectivity index (χ4n) is 3.53. The van der Waals surface area contributed by atoms with Gasteiger partial charge in [0.25, 0.3) is 0 Å². The Kier molecular flexibility index (Phi) is 4.88. The minimum absolute atomic E-state index is 0.00705. The number of carbonyl (C=O) groups excluding carboxylic acids is 2. The number of para-hydroxylation sites is 3. The first kappa shape index (κ1) is 19.3. The number of amides is 1. The van der Waals surface area contributed by atoms with Crippen LogP contribution in [0, 0.1) is 0 Å². The number of fused-ring (bicyclic) bond motifs is 5. The van der Waals surface area contributed by atoms with Gasteiger partial charge in [0.1, 0.15) is 5.65 Å². The monoisotopic (exact) mass is 426 g/mol. The van der Waals surface area contributed by atoms with Crippen LogP contribution in [0.3, 0.4) is 0 Å². The van der Waals surface area contributed by atoms with Gasteiger partial charge >= 0.3 is 0 Å². The van der Waals surface area contributed by atoms with Gasteiger partial charge < -0.3 is 5.32 Å². The molecule has 3 aromatic carbocycles. The van der Waals surface area contributed by atoms with Crippen LogP contribution >= 0.6 is 11.8 Å². The molecule has 152 valence electrons. The molecule has 0 saturated carbocycles. The molecule has 5 rings (SSSR count). The predicted octanol–water partition coefficient (Wildman–Crippen LogP) is 4.97. The lowest BCUT2D eigenvalue weighted by Crippen LogP contribution is -2.14. The van der Waals surface area contributed by atoms with Gasteiger partial charge in [-0.1, -0.05) is 36.0 Å². The number of nitrogens with zero attached hydrogens (tertiary/aromatic N) is 3. The van der Waals surface area contributed by atoms with Gasteiger partial charge in [-0.3, -0.25) is 14.0 Å². The predicted molar refractivity (Wildman–Crippen MR) is 124 cm³/mol. The Morgan fingerprint density at radius 3 is 2.39 bits per heavy atom. The topological polar surface area (TPSA) is 76.4 Å². The van der Waals surface area contributed by atoms with Gasteiger partial charge in [0.2, 0.25) is 5.91 Å². The maximum atomic E-state index is 12.6. The molecule has 0 aliphatic heterocycles. The fourth-order valence-corrected chi connectivity index (χ4v) is 4.33. The molecular formula is C24H18N4O2S. The Morgan fingerprint density at radius 2 is 1.61 bits per heavy atom. The second kappa shape index (κ2) is 7.85. The van der Waals surface area contributed by atoms with E-state index in [0.29, 0.717) is 16.4 Å². The van der Waals surface area contributed by atoms with E-state index in [1.807, 2.05) is 52.9 Å². The van der Waals surface area contributed by atoms with E-state index in [0.717, 1.165) is 27.6 Å². The molecule has 0 radical (unpaired) electrons. The Morgan fingerprint density at radius 1 is 0.903 bits per heavy atom. The van der Waals surface area contributed by atoms with Crippen LogP contribution in [0.25, 0.3) is 27.6 Å². The number of aromatic nitrogens is 3. The van der Waals surface area contributed by atoms with Gasteiger partial charge in [-0.15, -0.1) is 0 Å². The number of thioether (sulfide) groups is 1. The van der Waals surface area contributed by atoms with Gasteiger partial charge in [0.05, 0.1) is 22.3 Å². The molecule has 0 atom stereocenters. The van der Waals surface area contributed by atoms with Crippen LogP contribution < -0.4 is 5.32 Å². The Labute approximate surface area is 182 Å². The second-order valence-corrected chi connectivity index (χ2v) is 8.08. The molecule has 5 aromatic rings. The van der Waals surface area contributed by atoms with Crippen LogP contribution in [-0.2, 0) is 4.79 Å². The number of hydrogen-bond donors (Lipinski definition) is 1. The molecule has 2 heterocycles. The molecule has 0 aliphatic rings. The number of imidazole rings is 1. The summed E-state index contributed by atoms with van der Waals surface area (Å²) >= 11 is 1.37. The number of ketones is 1. The van der Waals surface area contributed by atoms with Crippen molar-refractivity contribution < 1.29 is 9.59 Å².